The number of hydrogen-bond acceptors (Lipinski definition) is 8. The van der Waals surface area contributed by atoms with Crippen molar-refractivity contribution in [1.82, 2.24) is 9.80 Å². The van der Waals surface area contributed by atoms with Gasteiger partial charge in [0.2, 0.25) is 6.29 Å². The standard InChI is InChI=1S/C27H39F3N2O7/c1-17(2)14-23(33)37-20(5)38-24(34)26(6,7)39-22-15-18(3)8-9-21(22)16-31-10-12-32(13-11-31)25(35)36-19(4)27(28,29)30/h8-9,15,17,19-20H,10-14,16H2,1-7H3. The largest absolute Gasteiger partial charge is 0.476 e. The number of amides is 1. The van der Waals surface area contributed by atoms with Gasteiger partial charge in [0, 0.05) is 51.6 Å². The number of benzene rings is 1. The number of carbonyl (C=O) groups excluding carboxylic acids is 3. The van der Waals surface area contributed by atoms with Crippen molar-refractivity contribution in [3.8, 4) is 5.75 Å². The van der Waals surface area contributed by atoms with Gasteiger partial charge in [-0.05, 0) is 45.2 Å². The Balaban J connectivity index is 1.99. The van der Waals surface area contributed by atoms with Gasteiger partial charge in [0.05, 0.1) is 0 Å². The number of rotatable bonds is 10. The lowest BCUT2D eigenvalue weighted by atomic mass is 10.1. The van der Waals surface area contributed by atoms with Gasteiger partial charge < -0.3 is 23.8 Å². The first-order valence-electron chi connectivity index (χ1n) is 12.9. The molecule has 1 saturated heterocycles. The Morgan fingerprint density at radius 1 is 0.949 bits per heavy atom. The molecular formula is C27H39F3N2O7. The average molecular weight is 561 g/mol. The molecule has 0 spiro atoms. The Morgan fingerprint density at radius 2 is 1.56 bits per heavy atom. The third kappa shape index (κ3) is 10.2. The second-order valence-electron chi connectivity index (χ2n) is 10.6. The molecule has 1 fully saturated rings. The molecule has 0 bridgehead atoms. The Bertz CT molecular complexity index is 1010. The number of piperazine rings is 1. The highest BCUT2D eigenvalue weighted by Crippen LogP contribution is 2.28. The maximum atomic E-state index is 12.8. The van der Waals surface area contributed by atoms with Crippen LogP contribution in [-0.4, -0.2) is 78.2 Å². The van der Waals surface area contributed by atoms with Crippen LogP contribution in [0, 0.1) is 12.8 Å². The van der Waals surface area contributed by atoms with Gasteiger partial charge in [0.25, 0.3) is 0 Å². The zero-order valence-corrected chi connectivity index (χ0v) is 23.6. The summed E-state index contributed by atoms with van der Waals surface area (Å²) in [6.07, 6.45) is -8.67. The predicted molar refractivity (Wildman–Crippen MR) is 136 cm³/mol. The van der Waals surface area contributed by atoms with Crippen LogP contribution in [0.2, 0.25) is 0 Å². The molecule has 1 aromatic rings. The van der Waals surface area contributed by atoms with Crippen molar-refractivity contribution in [3.63, 3.8) is 0 Å². The first-order chi connectivity index (χ1) is 18.0. The van der Waals surface area contributed by atoms with Gasteiger partial charge in [-0.2, -0.15) is 13.2 Å². The smallest absolute Gasteiger partial charge is 0.425 e. The Hall–Kier alpha value is -3.02. The maximum Gasteiger partial charge on any atom is 0.425 e. The number of ether oxygens (including phenoxy) is 4. The fraction of sp³-hybridized carbons (Fsp3) is 0.667. The number of esters is 2. The molecule has 12 heteroatoms. The zero-order chi connectivity index (χ0) is 29.5. The lowest BCUT2D eigenvalue weighted by molar-refractivity contribution is -0.200. The third-order valence-corrected chi connectivity index (χ3v) is 5.99. The van der Waals surface area contributed by atoms with E-state index >= 15 is 0 Å². The van der Waals surface area contributed by atoms with Crippen molar-refractivity contribution >= 4 is 18.0 Å². The van der Waals surface area contributed by atoms with Crippen molar-refractivity contribution in [1.29, 1.82) is 0 Å². The van der Waals surface area contributed by atoms with Crippen LogP contribution in [0.3, 0.4) is 0 Å². The molecule has 2 unspecified atom stereocenters. The molecule has 0 saturated carbocycles. The minimum atomic E-state index is -4.62. The van der Waals surface area contributed by atoms with Crippen molar-refractivity contribution in [3.05, 3.63) is 29.3 Å². The minimum absolute atomic E-state index is 0.106. The van der Waals surface area contributed by atoms with E-state index in [1.807, 2.05) is 37.8 Å². The number of alkyl halides is 3. The van der Waals surface area contributed by atoms with E-state index in [2.05, 4.69) is 4.74 Å². The summed E-state index contributed by atoms with van der Waals surface area (Å²) in [5, 5.41) is 0. The molecule has 1 aromatic carbocycles. The zero-order valence-electron chi connectivity index (χ0n) is 23.6. The van der Waals surface area contributed by atoms with E-state index in [9.17, 15) is 27.6 Å². The summed E-state index contributed by atoms with van der Waals surface area (Å²) in [5.41, 5.74) is 0.277. The summed E-state index contributed by atoms with van der Waals surface area (Å²) in [6, 6.07) is 5.56. The summed E-state index contributed by atoms with van der Waals surface area (Å²) in [5.74, 6) is -0.606. The first-order valence-corrected chi connectivity index (χ1v) is 12.9. The van der Waals surface area contributed by atoms with E-state index in [4.69, 9.17) is 14.2 Å². The van der Waals surface area contributed by atoms with Gasteiger partial charge >= 0.3 is 24.2 Å². The topological polar surface area (TPSA) is 94.6 Å². The second kappa shape index (κ2) is 13.4. The lowest BCUT2D eigenvalue weighted by Crippen LogP contribution is -2.49. The van der Waals surface area contributed by atoms with Gasteiger partial charge in [-0.25, -0.2) is 9.59 Å². The number of halogens is 3. The van der Waals surface area contributed by atoms with Crippen LogP contribution in [0.1, 0.15) is 59.1 Å². The monoisotopic (exact) mass is 560 g/mol. The molecule has 0 N–H and O–H groups in total. The lowest BCUT2D eigenvalue weighted by Gasteiger charge is -2.35. The molecule has 9 nitrogen and oxygen atoms in total. The maximum absolute atomic E-state index is 12.8. The fourth-order valence-electron chi connectivity index (χ4n) is 3.71. The fourth-order valence-corrected chi connectivity index (χ4v) is 3.71. The van der Waals surface area contributed by atoms with Crippen molar-refractivity contribution in [2.45, 2.75) is 85.6 Å². The van der Waals surface area contributed by atoms with E-state index in [1.165, 1.54) is 11.8 Å². The molecular weight excluding hydrogens is 521 g/mol. The number of hydrogen-bond donors (Lipinski definition) is 0. The van der Waals surface area contributed by atoms with Crippen molar-refractivity contribution in [2.24, 2.45) is 5.92 Å². The van der Waals surface area contributed by atoms with E-state index in [0.717, 1.165) is 18.1 Å². The number of carbonyl (C=O) groups is 3. The Labute approximate surface area is 227 Å². The van der Waals surface area contributed by atoms with Crippen LogP contribution < -0.4 is 4.74 Å². The molecule has 0 radical (unpaired) electrons. The van der Waals surface area contributed by atoms with Gasteiger partial charge in [-0.3, -0.25) is 9.69 Å². The molecule has 220 valence electrons. The summed E-state index contributed by atoms with van der Waals surface area (Å²) >= 11 is 0. The molecule has 1 heterocycles. The molecule has 39 heavy (non-hydrogen) atoms. The van der Waals surface area contributed by atoms with Crippen LogP contribution in [0.15, 0.2) is 18.2 Å². The van der Waals surface area contributed by atoms with Crippen LogP contribution in [-0.2, 0) is 30.3 Å². The summed E-state index contributed by atoms with van der Waals surface area (Å²) in [4.78, 5) is 40.1. The number of nitrogens with zero attached hydrogens (tertiary/aromatic N) is 2. The molecule has 0 aromatic heterocycles. The summed E-state index contributed by atoms with van der Waals surface area (Å²) < 4.78 is 59.2. The van der Waals surface area contributed by atoms with Crippen LogP contribution >= 0.6 is 0 Å². The van der Waals surface area contributed by atoms with Crippen LogP contribution in [0.5, 0.6) is 5.75 Å². The van der Waals surface area contributed by atoms with Gasteiger partial charge in [-0.1, -0.05) is 26.0 Å². The molecule has 1 amide bonds. The highest BCUT2D eigenvalue weighted by Gasteiger charge is 2.40. The van der Waals surface area contributed by atoms with Gasteiger partial charge in [-0.15, -0.1) is 0 Å². The van der Waals surface area contributed by atoms with Crippen LogP contribution in [0.4, 0.5) is 18.0 Å². The molecule has 1 aliphatic rings. The van der Waals surface area contributed by atoms with E-state index in [0.29, 0.717) is 25.4 Å². The van der Waals surface area contributed by atoms with Crippen molar-refractivity contribution < 1.29 is 46.5 Å². The molecule has 2 rings (SSSR count). The summed E-state index contributed by atoms with van der Waals surface area (Å²) in [6.45, 7) is 12.6. The third-order valence-electron chi connectivity index (χ3n) is 5.99. The highest BCUT2D eigenvalue weighted by molar-refractivity contribution is 5.79. The SMILES string of the molecule is Cc1ccc(CN2CCN(C(=O)OC(C)C(F)(F)F)CC2)c(OC(C)(C)C(=O)OC(C)OC(=O)CC(C)C)c1. The van der Waals surface area contributed by atoms with E-state index < -0.39 is 42.2 Å². The van der Waals surface area contributed by atoms with E-state index in [-0.39, 0.29) is 25.4 Å². The average Bonchev–Trinajstić information content (AvgIpc) is 2.79. The van der Waals surface area contributed by atoms with Gasteiger partial charge in [0.15, 0.2) is 11.7 Å². The minimum Gasteiger partial charge on any atom is -0.476 e. The Morgan fingerprint density at radius 3 is 2.13 bits per heavy atom. The quantitative estimate of drug-likeness (QED) is 0.297. The first kappa shape index (κ1) is 32.2. The normalized spacial score (nSPS) is 16.4. The molecule has 2 atom stereocenters. The predicted octanol–water partition coefficient (Wildman–Crippen LogP) is 4.84. The molecule has 0 aliphatic carbocycles. The Kier molecular flexibility index (Phi) is 11.0. The van der Waals surface area contributed by atoms with Gasteiger partial charge in [0.1, 0.15) is 5.75 Å². The highest BCUT2D eigenvalue weighted by atomic mass is 19.4. The number of aryl methyl sites for hydroxylation is 1. The van der Waals surface area contributed by atoms with Crippen molar-refractivity contribution in [2.75, 3.05) is 26.2 Å². The summed E-state index contributed by atoms with van der Waals surface area (Å²) in [7, 11) is 0. The van der Waals surface area contributed by atoms with E-state index in [1.54, 1.807) is 19.9 Å². The molecule has 1 aliphatic heterocycles. The van der Waals surface area contributed by atoms with Crippen LogP contribution in [0.25, 0.3) is 0 Å². The second-order valence-corrected chi connectivity index (χ2v) is 10.6.